The van der Waals surface area contributed by atoms with E-state index < -0.39 is 10.0 Å². The number of sulfonamides is 1. The first-order valence-electron chi connectivity index (χ1n) is 7.45. The minimum absolute atomic E-state index is 0.114. The lowest BCUT2D eigenvalue weighted by Crippen LogP contribution is -2.25. The van der Waals surface area contributed by atoms with Gasteiger partial charge in [0.1, 0.15) is 0 Å². The normalized spacial score (nSPS) is 11.2. The molecule has 2 aromatic rings. The van der Waals surface area contributed by atoms with E-state index in [4.69, 9.17) is 0 Å². The Labute approximate surface area is 136 Å². The Morgan fingerprint density at radius 1 is 1.00 bits per heavy atom. The van der Waals surface area contributed by atoms with Crippen LogP contribution in [-0.4, -0.2) is 27.4 Å². The number of carbonyl (C=O) groups is 1. The molecule has 0 saturated heterocycles. The summed E-state index contributed by atoms with van der Waals surface area (Å²) in [6, 6.07) is 15.7. The molecule has 0 unspecified atom stereocenters. The third kappa shape index (κ3) is 4.91. The lowest BCUT2D eigenvalue weighted by Gasteiger charge is -2.07. The monoisotopic (exact) mass is 332 g/mol. The molecule has 23 heavy (non-hydrogen) atoms. The lowest BCUT2D eigenvalue weighted by molar-refractivity contribution is 0.0954. The smallest absolute Gasteiger partial charge is 0.251 e. The van der Waals surface area contributed by atoms with Crippen molar-refractivity contribution in [2.75, 3.05) is 13.1 Å². The van der Waals surface area contributed by atoms with Gasteiger partial charge in [0.05, 0.1) is 4.90 Å². The number of amides is 1. The summed E-state index contributed by atoms with van der Waals surface area (Å²) in [5, 5.41) is 2.84. The average molecular weight is 332 g/mol. The second kappa shape index (κ2) is 7.89. The van der Waals surface area contributed by atoms with Crippen molar-refractivity contribution in [3.05, 3.63) is 65.7 Å². The van der Waals surface area contributed by atoms with Gasteiger partial charge in [-0.05, 0) is 36.2 Å². The zero-order chi connectivity index (χ0) is 16.7. The van der Waals surface area contributed by atoms with Crippen molar-refractivity contribution in [2.45, 2.75) is 18.2 Å². The zero-order valence-electron chi connectivity index (χ0n) is 13.0. The maximum atomic E-state index is 11.9. The van der Waals surface area contributed by atoms with Crippen molar-refractivity contribution in [3.8, 4) is 0 Å². The quantitative estimate of drug-likeness (QED) is 0.814. The van der Waals surface area contributed by atoms with Gasteiger partial charge >= 0.3 is 0 Å². The molecule has 0 saturated carbocycles. The van der Waals surface area contributed by atoms with Gasteiger partial charge < -0.3 is 5.32 Å². The Bertz CT molecular complexity index is 741. The first-order valence-corrected chi connectivity index (χ1v) is 8.93. The van der Waals surface area contributed by atoms with E-state index in [1.54, 1.807) is 43.3 Å². The molecule has 6 heteroatoms. The van der Waals surface area contributed by atoms with Crippen LogP contribution in [0.1, 0.15) is 22.8 Å². The maximum absolute atomic E-state index is 11.9. The van der Waals surface area contributed by atoms with Crippen LogP contribution in [0.15, 0.2) is 59.5 Å². The molecular weight excluding hydrogens is 312 g/mol. The zero-order valence-corrected chi connectivity index (χ0v) is 13.8. The van der Waals surface area contributed by atoms with E-state index in [1.807, 2.05) is 18.2 Å². The summed E-state index contributed by atoms with van der Waals surface area (Å²) < 4.78 is 26.1. The Morgan fingerprint density at radius 2 is 1.65 bits per heavy atom. The Kier molecular flexibility index (Phi) is 5.90. The minimum Gasteiger partial charge on any atom is -0.352 e. The number of hydrogen-bond donors (Lipinski definition) is 2. The SMILES string of the molecule is CCNS(=O)(=O)c1ccc(CCNC(=O)c2ccccc2)cc1. The largest absolute Gasteiger partial charge is 0.352 e. The molecular formula is C17H20N2O3S. The summed E-state index contributed by atoms with van der Waals surface area (Å²) in [6.07, 6.45) is 0.639. The van der Waals surface area contributed by atoms with Crippen LogP contribution in [0.3, 0.4) is 0 Å². The molecule has 0 radical (unpaired) electrons. The lowest BCUT2D eigenvalue weighted by atomic mass is 10.1. The number of nitrogens with one attached hydrogen (secondary N) is 2. The molecule has 0 bridgehead atoms. The van der Waals surface area contributed by atoms with Crippen LogP contribution in [0.25, 0.3) is 0 Å². The van der Waals surface area contributed by atoms with Gasteiger partial charge in [-0.2, -0.15) is 0 Å². The highest BCUT2D eigenvalue weighted by Crippen LogP contribution is 2.10. The topological polar surface area (TPSA) is 75.3 Å². The van der Waals surface area contributed by atoms with Gasteiger partial charge in [0.25, 0.3) is 5.91 Å². The van der Waals surface area contributed by atoms with Crippen molar-refractivity contribution in [2.24, 2.45) is 0 Å². The fourth-order valence-electron chi connectivity index (χ4n) is 2.12. The summed E-state index contributed by atoms with van der Waals surface area (Å²) in [6.45, 7) is 2.59. The third-order valence-electron chi connectivity index (χ3n) is 3.30. The molecule has 122 valence electrons. The molecule has 0 aliphatic heterocycles. The Hall–Kier alpha value is -2.18. The van der Waals surface area contributed by atoms with Crippen molar-refractivity contribution in [1.29, 1.82) is 0 Å². The molecule has 0 atom stereocenters. The molecule has 0 aliphatic rings. The van der Waals surface area contributed by atoms with Crippen LogP contribution in [0.5, 0.6) is 0 Å². The van der Waals surface area contributed by atoms with E-state index in [0.29, 0.717) is 25.1 Å². The molecule has 2 N–H and O–H groups in total. The van der Waals surface area contributed by atoms with Gasteiger partial charge in [0, 0.05) is 18.7 Å². The van der Waals surface area contributed by atoms with Crippen molar-refractivity contribution in [1.82, 2.24) is 10.0 Å². The summed E-state index contributed by atoms with van der Waals surface area (Å²) in [7, 11) is -3.42. The van der Waals surface area contributed by atoms with Gasteiger partial charge in [-0.15, -0.1) is 0 Å². The predicted molar refractivity (Wildman–Crippen MR) is 89.8 cm³/mol. The van der Waals surface area contributed by atoms with Gasteiger partial charge in [-0.1, -0.05) is 37.3 Å². The predicted octanol–water partition coefficient (Wildman–Crippen LogP) is 1.96. The molecule has 2 aromatic carbocycles. The highest BCUT2D eigenvalue weighted by Gasteiger charge is 2.11. The molecule has 0 aromatic heterocycles. The maximum Gasteiger partial charge on any atom is 0.251 e. The number of carbonyl (C=O) groups excluding carboxylic acids is 1. The second-order valence-electron chi connectivity index (χ2n) is 5.02. The standard InChI is InChI=1S/C17H20N2O3S/c1-2-19-23(21,22)16-10-8-14(9-11-16)12-13-18-17(20)15-6-4-3-5-7-15/h3-11,19H,2,12-13H2,1H3,(H,18,20). The Balaban J connectivity index is 1.88. The number of hydrogen-bond acceptors (Lipinski definition) is 3. The molecule has 5 nitrogen and oxygen atoms in total. The summed E-state index contributed by atoms with van der Waals surface area (Å²) in [4.78, 5) is 12.1. The first kappa shape index (κ1) is 17.2. The molecule has 1 amide bonds. The second-order valence-corrected chi connectivity index (χ2v) is 6.78. The number of benzene rings is 2. The average Bonchev–Trinajstić information content (AvgIpc) is 2.56. The van der Waals surface area contributed by atoms with Crippen LogP contribution in [-0.2, 0) is 16.4 Å². The molecule has 0 aliphatic carbocycles. The van der Waals surface area contributed by atoms with Crippen molar-refractivity contribution < 1.29 is 13.2 Å². The van der Waals surface area contributed by atoms with Crippen LogP contribution < -0.4 is 10.0 Å². The van der Waals surface area contributed by atoms with Crippen LogP contribution in [0.2, 0.25) is 0 Å². The van der Waals surface area contributed by atoms with E-state index >= 15 is 0 Å². The first-order chi connectivity index (χ1) is 11.0. The highest BCUT2D eigenvalue weighted by atomic mass is 32.2. The van der Waals surface area contributed by atoms with E-state index in [0.717, 1.165) is 5.56 Å². The van der Waals surface area contributed by atoms with E-state index in [1.165, 1.54) is 0 Å². The van der Waals surface area contributed by atoms with Crippen molar-refractivity contribution in [3.63, 3.8) is 0 Å². The minimum atomic E-state index is -3.42. The Morgan fingerprint density at radius 3 is 2.26 bits per heavy atom. The summed E-state index contributed by atoms with van der Waals surface area (Å²) in [5.74, 6) is -0.114. The van der Waals surface area contributed by atoms with Crippen LogP contribution in [0.4, 0.5) is 0 Å². The molecule has 0 heterocycles. The van der Waals surface area contributed by atoms with Gasteiger partial charge in [0.2, 0.25) is 10.0 Å². The summed E-state index contributed by atoms with van der Waals surface area (Å²) >= 11 is 0. The molecule has 0 spiro atoms. The van der Waals surface area contributed by atoms with Gasteiger partial charge in [0.15, 0.2) is 0 Å². The molecule has 0 fully saturated rings. The summed E-state index contributed by atoms with van der Waals surface area (Å²) in [5.41, 5.74) is 1.59. The van der Waals surface area contributed by atoms with E-state index in [-0.39, 0.29) is 10.8 Å². The van der Waals surface area contributed by atoms with Crippen LogP contribution in [0, 0.1) is 0 Å². The number of rotatable bonds is 7. The van der Waals surface area contributed by atoms with Crippen LogP contribution >= 0.6 is 0 Å². The van der Waals surface area contributed by atoms with E-state index in [9.17, 15) is 13.2 Å². The fourth-order valence-corrected chi connectivity index (χ4v) is 3.16. The van der Waals surface area contributed by atoms with Gasteiger partial charge in [-0.3, -0.25) is 4.79 Å². The van der Waals surface area contributed by atoms with Gasteiger partial charge in [-0.25, -0.2) is 13.1 Å². The third-order valence-corrected chi connectivity index (χ3v) is 4.86. The van der Waals surface area contributed by atoms with Crippen molar-refractivity contribution >= 4 is 15.9 Å². The fraction of sp³-hybridized carbons (Fsp3) is 0.235. The highest BCUT2D eigenvalue weighted by molar-refractivity contribution is 7.89. The molecule has 2 rings (SSSR count). The van der Waals surface area contributed by atoms with E-state index in [2.05, 4.69) is 10.0 Å².